The molecule has 66 heavy (non-hydrogen) atoms. The summed E-state index contributed by atoms with van der Waals surface area (Å²) in [4.78, 5) is 44.1. The predicted octanol–water partition coefficient (Wildman–Crippen LogP) is 9.30. The van der Waals surface area contributed by atoms with Crippen LogP contribution < -0.4 is 16.3 Å². The van der Waals surface area contributed by atoms with Crippen LogP contribution in [0.15, 0.2) is 147 Å². The second kappa shape index (κ2) is 18.5. The minimum atomic E-state index is -3.47. The van der Waals surface area contributed by atoms with Gasteiger partial charge in [-0.15, -0.1) is 22.7 Å². The lowest BCUT2D eigenvalue weighted by molar-refractivity contribution is 0.591. The van der Waals surface area contributed by atoms with E-state index in [4.69, 9.17) is 11.6 Å². The highest BCUT2D eigenvalue weighted by molar-refractivity contribution is 7.90. The van der Waals surface area contributed by atoms with Crippen LogP contribution in [0.25, 0.3) is 41.1 Å². The zero-order valence-electron chi connectivity index (χ0n) is 34.8. The highest BCUT2D eigenvalue weighted by Gasteiger charge is 2.19. The van der Waals surface area contributed by atoms with Gasteiger partial charge in [0.2, 0.25) is 30.0 Å². The summed E-state index contributed by atoms with van der Waals surface area (Å²) in [6.45, 7) is 1.36. The number of aliphatic imine (C=N–C) groups is 2. The Kier molecular flexibility index (Phi) is 12.4. The first kappa shape index (κ1) is 44.2. The Morgan fingerprint density at radius 3 is 1.64 bits per heavy atom. The van der Waals surface area contributed by atoms with Gasteiger partial charge < -0.3 is 10.6 Å². The molecule has 0 saturated carbocycles. The summed E-state index contributed by atoms with van der Waals surface area (Å²) in [7, 11) is -6.81. The molecule has 15 nitrogen and oxygen atoms in total. The molecule has 0 atom stereocenters. The number of sulfone groups is 2. The normalized spacial score (nSPS) is 12.5. The van der Waals surface area contributed by atoms with Crippen LogP contribution >= 0.6 is 34.3 Å². The van der Waals surface area contributed by atoms with Crippen molar-refractivity contribution < 1.29 is 16.8 Å². The van der Waals surface area contributed by atoms with E-state index >= 15 is 0 Å². The largest absolute Gasteiger partial charge is 0.346 e. The molecule has 3 N–H and O–H groups in total. The quantitative estimate of drug-likeness (QED) is 0.0960. The number of hydrogen-bond acceptors (Lipinski definition) is 16. The van der Waals surface area contributed by atoms with Crippen molar-refractivity contribution in [3.8, 4) is 20.9 Å². The maximum atomic E-state index is 11.7. The summed E-state index contributed by atoms with van der Waals surface area (Å²) in [6, 6.07) is 34.2. The predicted molar refractivity (Wildman–Crippen MR) is 264 cm³/mol. The molecule has 2 aliphatic heterocycles. The summed E-state index contributed by atoms with van der Waals surface area (Å²) >= 11 is 8.97. The number of anilines is 4. The summed E-state index contributed by atoms with van der Waals surface area (Å²) < 4.78 is 47.6. The fourth-order valence-electron chi connectivity index (χ4n) is 7.09. The second-order valence-electron chi connectivity index (χ2n) is 14.9. The van der Waals surface area contributed by atoms with Gasteiger partial charge in [0, 0.05) is 85.2 Å². The summed E-state index contributed by atoms with van der Waals surface area (Å²) in [5.74, 6) is 1.04. The van der Waals surface area contributed by atoms with E-state index in [1.807, 2.05) is 30.6 Å². The Hall–Kier alpha value is -7.03. The standard InChI is InChI=1S/C21H16N4O2S2.C20H14N4OS.C5H5ClN2O2S/c1-29(26,27)21-23-7-6-20(25-21)24-15-8-14-11-22-12-17(14)16(10-15)19-9-13-4-2-3-5-18(13)28-19;25-20-22-6-5-19(24-20)23-14-7-13-10-21-11-16(13)15(9-14)18-8-12-3-1-2-4-17(12)26-18;1-11(9,10)5-7-3-2-4(6)8-5/h2-11H,12H2,1H3,(H,23,24,25);1-10H,11H2,(H2,22,23,24,25);2-3H,1H3. The van der Waals surface area contributed by atoms with Gasteiger partial charge in [0.15, 0.2) is 0 Å². The third kappa shape index (κ3) is 10.1. The van der Waals surface area contributed by atoms with Crippen LogP contribution in [0.3, 0.4) is 0 Å². The molecule has 4 aromatic carbocycles. The first-order valence-corrected chi connectivity index (χ1v) is 25.7. The first-order valence-electron chi connectivity index (χ1n) is 19.9. The van der Waals surface area contributed by atoms with E-state index < -0.39 is 19.7 Å². The molecular formula is C46H35ClN10O5S4. The van der Waals surface area contributed by atoms with E-state index in [-0.39, 0.29) is 21.2 Å². The fourth-order valence-corrected chi connectivity index (χ4v) is 10.5. The summed E-state index contributed by atoms with van der Waals surface area (Å²) in [5.41, 5.74) is 8.27. The van der Waals surface area contributed by atoms with Crippen molar-refractivity contribution in [1.82, 2.24) is 29.9 Å². The monoisotopic (exact) mass is 970 g/mol. The van der Waals surface area contributed by atoms with Crippen molar-refractivity contribution in [1.29, 1.82) is 0 Å². The van der Waals surface area contributed by atoms with Crippen LogP contribution in [-0.4, -0.2) is 71.7 Å². The number of fused-ring (bicyclic) bond motifs is 4. The van der Waals surface area contributed by atoms with E-state index in [0.717, 1.165) is 40.6 Å². The molecule has 9 aromatic rings. The molecule has 7 heterocycles. The molecule has 11 rings (SSSR count). The summed E-state index contributed by atoms with van der Waals surface area (Å²) in [5, 5.41) is 8.63. The number of benzene rings is 4. The molecule has 0 unspecified atom stereocenters. The van der Waals surface area contributed by atoms with Crippen LogP contribution in [0.1, 0.15) is 22.3 Å². The van der Waals surface area contributed by atoms with Crippen LogP contribution in [0.5, 0.6) is 0 Å². The highest BCUT2D eigenvalue weighted by Crippen LogP contribution is 2.41. The molecule has 0 bridgehead atoms. The average molecular weight is 972 g/mol. The molecule has 0 saturated heterocycles. The smallest absolute Gasteiger partial charge is 0.342 e. The minimum absolute atomic E-state index is 0.125. The lowest BCUT2D eigenvalue weighted by Gasteiger charge is -2.12. The molecule has 0 fully saturated rings. The maximum absolute atomic E-state index is 11.7. The summed E-state index contributed by atoms with van der Waals surface area (Å²) in [6.07, 6.45) is 10.1. The van der Waals surface area contributed by atoms with Gasteiger partial charge in [-0.2, -0.15) is 0 Å². The third-order valence-electron chi connectivity index (χ3n) is 10.0. The number of nitrogens with one attached hydrogen (secondary N) is 3. The number of H-pyrrole nitrogens is 1. The number of nitrogens with zero attached hydrogens (tertiary/aromatic N) is 7. The Morgan fingerprint density at radius 2 is 1.12 bits per heavy atom. The van der Waals surface area contributed by atoms with Crippen LogP contribution in [0, 0.1) is 0 Å². The SMILES string of the molecule is CS(=O)(=O)c1nccc(Cl)n1.CS(=O)(=O)c1nccc(Nc2cc3c(c(-c4cc5ccccc5s4)c2)CN=C3)n1.O=c1nccc(Nc2cc3c(c(-c4cc5ccccc5s4)c2)CN=C3)[nH]1. The fraction of sp³-hybridized carbons (Fsp3) is 0.0870. The lowest BCUT2D eigenvalue weighted by Crippen LogP contribution is -2.10. The van der Waals surface area contributed by atoms with Crippen molar-refractivity contribution in [2.75, 3.05) is 23.1 Å². The molecule has 0 radical (unpaired) electrons. The van der Waals surface area contributed by atoms with Crippen LogP contribution in [0.4, 0.5) is 23.0 Å². The Labute approximate surface area is 391 Å². The number of aromatic amines is 1. The molecule has 2 aliphatic rings. The first-order chi connectivity index (χ1) is 31.7. The zero-order valence-corrected chi connectivity index (χ0v) is 38.8. The number of hydrogen-bond donors (Lipinski definition) is 3. The van der Waals surface area contributed by atoms with Crippen LogP contribution in [0.2, 0.25) is 5.15 Å². The van der Waals surface area contributed by atoms with Gasteiger partial charge in [0.05, 0.1) is 13.1 Å². The van der Waals surface area contributed by atoms with Crippen molar-refractivity contribution in [3.05, 3.63) is 160 Å². The number of halogens is 1. The van der Waals surface area contributed by atoms with Gasteiger partial charge in [0.1, 0.15) is 16.8 Å². The van der Waals surface area contributed by atoms with E-state index in [2.05, 4.69) is 117 Å². The Bertz CT molecular complexity index is 3620. The minimum Gasteiger partial charge on any atom is -0.342 e. The number of thiophene rings is 2. The van der Waals surface area contributed by atoms with Crippen molar-refractivity contribution in [2.45, 2.75) is 23.4 Å². The molecule has 330 valence electrons. The maximum Gasteiger partial charge on any atom is 0.346 e. The Balaban J connectivity index is 0.000000136. The lowest BCUT2D eigenvalue weighted by atomic mass is 10.0. The van der Waals surface area contributed by atoms with Gasteiger partial charge >= 0.3 is 5.69 Å². The highest BCUT2D eigenvalue weighted by atomic mass is 35.5. The van der Waals surface area contributed by atoms with Crippen molar-refractivity contribution in [2.24, 2.45) is 9.98 Å². The van der Waals surface area contributed by atoms with Crippen LogP contribution in [-0.2, 0) is 32.8 Å². The van der Waals surface area contributed by atoms with Gasteiger partial charge in [-0.1, -0.05) is 48.0 Å². The van der Waals surface area contributed by atoms with E-state index in [1.54, 1.807) is 34.8 Å². The van der Waals surface area contributed by atoms with Crippen molar-refractivity contribution in [3.63, 3.8) is 0 Å². The van der Waals surface area contributed by atoms with E-state index in [0.29, 0.717) is 24.7 Å². The average Bonchev–Trinajstić information content (AvgIpc) is 4.12. The number of rotatable bonds is 8. The number of aromatic nitrogens is 6. The molecule has 20 heteroatoms. The third-order valence-corrected chi connectivity index (χ3v) is 14.3. The van der Waals surface area contributed by atoms with Gasteiger partial charge in [-0.3, -0.25) is 15.0 Å². The second-order valence-corrected chi connectivity index (χ2v) is 21.3. The van der Waals surface area contributed by atoms with Crippen molar-refractivity contribution >= 4 is 110 Å². The van der Waals surface area contributed by atoms with Gasteiger partial charge in [-0.05, 0) is 99.8 Å². The zero-order chi connectivity index (χ0) is 46.0. The van der Waals surface area contributed by atoms with Gasteiger partial charge in [-0.25, -0.2) is 46.6 Å². The molecule has 0 spiro atoms. The van der Waals surface area contributed by atoms with Gasteiger partial charge in [0.25, 0.3) is 0 Å². The van der Waals surface area contributed by atoms with E-state index in [1.165, 1.54) is 71.3 Å². The molecular weight excluding hydrogens is 936 g/mol. The molecule has 0 amide bonds. The topological polar surface area (TPSA) is 214 Å². The molecule has 5 aromatic heterocycles. The van der Waals surface area contributed by atoms with E-state index in [9.17, 15) is 21.6 Å². The Morgan fingerprint density at radius 1 is 0.606 bits per heavy atom. The molecule has 0 aliphatic carbocycles.